The summed E-state index contributed by atoms with van der Waals surface area (Å²) < 4.78 is 40.3. The summed E-state index contributed by atoms with van der Waals surface area (Å²) in [5.41, 5.74) is 1.61. The fourth-order valence-electron chi connectivity index (χ4n) is 2.90. The number of ether oxygens (including phenoxy) is 2. The molecule has 1 aromatic heterocycles. The summed E-state index contributed by atoms with van der Waals surface area (Å²) in [6.45, 7) is 2.58. The molecule has 8 heteroatoms. The second-order valence-corrected chi connectivity index (χ2v) is 6.11. The quantitative estimate of drug-likeness (QED) is 0.689. The van der Waals surface area contributed by atoms with Gasteiger partial charge in [0.2, 0.25) is 0 Å². The summed E-state index contributed by atoms with van der Waals surface area (Å²) in [5.74, 6) is -0.618. The molecule has 2 aromatic carbocycles. The van der Waals surface area contributed by atoms with Crippen LogP contribution >= 0.6 is 0 Å². The Morgan fingerprint density at radius 2 is 1.85 bits per heavy atom. The normalized spacial score (nSPS) is 14.4. The van der Waals surface area contributed by atoms with Crippen molar-refractivity contribution in [2.45, 2.75) is 6.61 Å². The number of morpholine rings is 1. The van der Waals surface area contributed by atoms with Crippen molar-refractivity contribution < 1.29 is 18.3 Å². The van der Waals surface area contributed by atoms with Crippen LogP contribution in [0.2, 0.25) is 0 Å². The number of hydrogen-bond donors (Lipinski definition) is 0. The van der Waals surface area contributed by atoms with Crippen molar-refractivity contribution in [3.8, 4) is 11.4 Å². The highest BCUT2D eigenvalue weighted by Gasteiger charge is 2.16. The number of hydrogen-bond acceptors (Lipinski definition) is 5. The minimum Gasteiger partial charge on any atom is -0.484 e. The summed E-state index contributed by atoms with van der Waals surface area (Å²) in [7, 11) is 0. The van der Waals surface area contributed by atoms with Gasteiger partial charge in [0.1, 0.15) is 18.1 Å². The molecule has 4 rings (SSSR count). The maximum absolute atomic E-state index is 14.5. The van der Waals surface area contributed by atoms with E-state index in [-0.39, 0.29) is 18.2 Å². The third-order valence-corrected chi connectivity index (χ3v) is 4.30. The number of para-hydroxylation sites is 1. The van der Waals surface area contributed by atoms with Crippen LogP contribution < -0.4 is 9.64 Å². The van der Waals surface area contributed by atoms with Crippen molar-refractivity contribution in [3.05, 3.63) is 66.0 Å². The van der Waals surface area contributed by atoms with Gasteiger partial charge in [-0.1, -0.05) is 17.3 Å². The summed E-state index contributed by atoms with van der Waals surface area (Å²) in [5, 5.41) is 7.99. The minimum absolute atomic E-state index is 0.0648. The van der Waals surface area contributed by atoms with E-state index >= 15 is 0 Å². The van der Waals surface area contributed by atoms with Crippen LogP contribution in [0, 0.1) is 11.6 Å². The third-order valence-electron chi connectivity index (χ3n) is 4.30. The number of aromatic nitrogens is 3. The minimum atomic E-state index is -0.439. The molecule has 27 heavy (non-hydrogen) atoms. The number of anilines is 1. The average molecular weight is 372 g/mol. The Kier molecular flexibility index (Phi) is 4.97. The molecule has 1 fully saturated rings. The van der Waals surface area contributed by atoms with E-state index in [1.807, 2.05) is 4.90 Å². The summed E-state index contributed by atoms with van der Waals surface area (Å²) in [4.78, 5) is 1.96. The van der Waals surface area contributed by atoms with E-state index in [2.05, 4.69) is 10.3 Å². The fourth-order valence-corrected chi connectivity index (χ4v) is 2.90. The Balaban J connectivity index is 1.46. The van der Waals surface area contributed by atoms with Gasteiger partial charge in [-0.15, -0.1) is 5.10 Å². The van der Waals surface area contributed by atoms with Gasteiger partial charge in [-0.05, 0) is 24.3 Å². The van der Waals surface area contributed by atoms with Crippen LogP contribution in [0.5, 0.6) is 5.75 Å². The zero-order valence-corrected chi connectivity index (χ0v) is 14.5. The highest BCUT2D eigenvalue weighted by atomic mass is 19.1. The lowest BCUT2D eigenvalue weighted by Crippen LogP contribution is -2.36. The molecule has 0 bridgehead atoms. The molecule has 0 amide bonds. The van der Waals surface area contributed by atoms with Gasteiger partial charge in [0.15, 0.2) is 11.6 Å². The molecule has 3 aromatic rings. The molecule has 1 aliphatic rings. The van der Waals surface area contributed by atoms with Gasteiger partial charge in [0.05, 0.1) is 30.8 Å². The first-order valence-corrected chi connectivity index (χ1v) is 8.62. The van der Waals surface area contributed by atoms with Crippen LogP contribution in [0.3, 0.4) is 0 Å². The van der Waals surface area contributed by atoms with Gasteiger partial charge in [-0.25, -0.2) is 13.5 Å². The Morgan fingerprint density at radius 1 is 1.04 bits per heavy atom. The van der Waals surface area contributed by atoms with Crippen LogP contribution in [-0.4, -0.2) is 41.3 Å². The maximum Gasteiger partial charge on any atom is 0.165 e. The van der Waals surface area contributed by atoms with Gasteiger partial charge in [0.25, 0.3) is 0 Å². The lowest BCUT2D eigenvalue weighted by Gasteiger charge is -2.29. The smallest absolute Gasteiger partial charge is 0.165 e. The highest BCUT2D eigenvalue weighted by molar-refractivity contribution is 5.52. The Bertz CT molecular complexity index is 926. The van der Waals surface area contributed by atoms with Crippen molar-refractivity contribution in [2.75, 3.05) is 31.2 Å². The van der Waals surface area contributed by atoms with E-state index in [9.17, 15) is 8.78 Å². The molecular weight excluding hydrogens is 354 g/mol. The van der Waals surface area contributed by atoms with E-state index in [1.165, 1.54) is 16.8 Å². The first kappa shape index (κ1) is 17.4. The Hall–Kier alpha value is -3.00. The molecule has 0 spiro atoms. The van der Waals surface area contributed by atoms with Crippen LogP contribution in [0.1, 0.15) is 5.69 Å². The zero-order valence-electron chi connectivity index (χ0n) is 14.5. The molecule has 140 valence electrons. The first-order valence-electron chi connectivity index (χ1n) is 8.62. The molecule has 1 saturated heterocycles. The van der Waals surface area contributed by atoms with Crippen LogP contribution in [-0.2, 0) is 11.3 Å². The summed E-state index contributed by atoms with van der Waals surface area (Å²) >= 11 is 0. The first-order chi connectivity index (χ1) is 13.2. The SMILES string of the molecule is Fc1ccccc1OCc1cn(-c2ccc(N3CCOCC3)c(F)c2)nn1. The molecule has 0 unspecified atom stereocenters. The molecule has 1 aliphatic heterocycles. The van der Waals surface area contributed by atoms with E-state index in [0.29, 0.717) is 43.4 Å². The molecule has 0 aliphatic carbocycles. The van der Waals surface area contributed by atoms with Crippen LogP contribution in [0.25, 0.3) is 5.69 Å². The van der Waals surface area contributed by atoms with Gasteiger partial charge in [-0.3, -0.25) is 0 Å². The lowest BCUT2D eigenvalue weighted by molar-refractivity contribution is 0.122. The maximum atomic E-state index is 14.5. The van der Waals surface area contributed by atoms with Gasteiger partial charge in [0, 0.05) is 19.2 Å². The van der Waals surface area contributed by atoms with Crippen molar-refractivity contribution in [1.82, 2.24) is 15.0 Å². The van der Waals surface area contributed by atoms with Crippen molar-refractivity contribution in [1.29, 1.82) is 0 Å². The monoisotopic (exact) mass is 372 g/mol. The average Bonchev–Trinajstić information content (AvgIpc) is 3.17. The van der Waals surface area contributed by atoms with E-state index in [1.54, 1.807) is 36.5 Å². The third kappa shape index (κ3) is 3.90. The predicted molar refractivity (Wildman–Crippen MR) is 95.1 cm³/mol. The molecule has 2 heterocycles. The van der Waals surface area contributed by atoms with Crippen molar-refractivity contribution in [3.63, 3.8) is 0 Å². The van der Waals surface area contributed by atoms with Gasteiger partial charge < -0.3 is 14.4 Å². The Morgan fingerprint density at radius 3 is 2.63 bits per heavy atom. The van der Waals surface area contributed by atoms with E-state index < -0.39 is 5.82 Å². The summed E-state index contributed by atoms with van der Waals surface area (Å²) in [6.07, 6.45) is 1.63. The molecule has 0 saturated carbocycles. The van der Waals surface area contributed by atoms with E-state index in [0.717, 1.165) is 0 Å². The number of nitrogens with zero attached hydrogens (tertiary/aromatic N) is 4. The fraction of sp³-hybridized carbons (Fsp3) is 0.263. The number of benzene rings is 2. The second-order valence-electron chi connectivity index (χ2n) is 6.11. The predicted octanol–water partition coefficient (Wildman–Crippen LogP) is 2.96. The number of halogens is 2. The number of rotatable bonds is 5. The topological polar surface area (TPSA) is 52.4 Å². The van der Waals surface area contributed by atoms with Crippen molar-refractivity contribution in [2.24, 2.45) is 0 Å². The van der Waals surface area contributed by atoms with E-state index in [4.69, 9.17) is 9.47 Å². The zero-order chi connectivity index (χ0) is 18.6. The standard InChI is InChI=1S/C19H18F2N4O2/c20-16-3-1-2-4-19(16)27-13-14-12-25(23-22-14)15-5-6-18(17(21)11-15)24-7-9-26-10-8-24/h1-6,11-12H,7-10,13H2. The summed E-state index contributed by atoms with van der Waals surface area (Å²) in [6, 6.07) is 11.1. The van der Waals surface area contributed by atoms with Gasteiger partial charge >= 0.3 is 0 Å². The molecule has 0 radical (unpaired) electrons. The molecule has 6 nitrogen and oxygen atoms in total. The van der Waals surface area contributed by atoms with Crippen molar-refractivity contribution >= 4 is 5.69 Å². The molecule has 0 N–H and O–H groups in total. The Labute approximate surface area is 154 Å². The van der Waals surface area contributed by atoms with Crippen LogP contribution in [0.4, 0.5) is 14.5 Å². The van der Waals surface area contributed by atoms with Gasteiger partial charge in [-0.2, -0.15) is 0 Å². The lowest BCUT2D eigenvalue weighted by atomic mass is 10.2. The van der Waals surface area contributed by atoms with Crippen LogP contribution in [0.15, 0.2) is 48.7 Å². The second kappa shape index (κ2) is 7.71. The largest absolute Gasteiger partial charge is 0.484 e. The molecule has 0 atom stereocenters. The molecular formula is C19H18F2N4O2. The highest BCUT2D eigenvalue weighted by Crippen LogP contribution is 2.23.